The third kappa shape index (κ3) is 4.40. The van der Waals surface area contributed by atoms with Crippen LogP contribution in [0.4, 0.5) is 0 Å². The van der Waals surface area contributed by atoms with E-state index < -0.39 is 0 Å². The van der Waals surface area contributed by atoms with Gasteiger partial charge in [-0.05, 0) is 80.7 Å². The molecule has 1 saturated heterocycles. The molecule has 2 heterocycles. The van der Waals surface area contributed by atoms with Crippen molar-refractivity contribution >= 4 is 16.8 Å². The van der Waals surface area contributed by atoms with Crippen molar-refractivity contribution in [3.63, 3.8) is 0 Å². The van der Waals surface area contributed by atoms with Gasteiger partial charge in [0, 0.05) is 35.1 Å². The Morgan fingerprint density at radius 1 is 1.07 bits per heavy atom. The van der Waals surface area contributed by atoms with Crippen LogP contribution >= 0.6 is 0 Å². The maximum absolute atomic E-state index is 12.6. The van der Waals surface area contributed by atoms with Crippen molar-refractivity contribution in [2.45, 2.75) is 32.7 Å². The number of aryl methyl sites for hydroxylation is 1. The summed E-state index contributed by atoms with van der Waals surface area (Å²) in [7, 11) is 0. The average molecular weight is 389 g/mol. The van der Waals surface area contributed by atoms with Gasteiger partial charge >= 0.3 is 0 Å². The Morgan fingerprint density at radius 3 is 2.48 bits per heavy atom. The average Bonchev–Trinajstić information content (AvgIpc) is 3.20. The molecule has 29 heavy (non-hydrogen) atoms. The van der Waals surface area contributed by atoms with E-state index in [0.717, 1.165) is 47.2 Å². The van der Waals surface area contributed by atoms with E-state index in [1.807, 2.05) is 43.3 Å². The minimum Gasteiger partial charge on any atom is -0.348 e. The van der Waals surface area contributed by atoms with Gasteiger partial charge in [-0.15, -0.1) is 0 Å². The fourth-order valence-electron chi connectivity index (χ4n) is 4.12. The topological polar surface area (TPSA) is 65.2 Å². The Labute approximate surface area is 170 Å². The maximum atomic E-state index is 12.6. The zero-order valence-corrected chi connectivity index (χ0v) is 17.0. The van der Waals surface area contributed by atoms with E-state index >= 15 is 0 Å². The molecule has 4 rings (SSSR count). The second-order valence-electron chi connectivity index (χ2n) is 8.04. The molecule has 2 aromatic carbocycles. The first-order chi connectivity index (χ1) is 14.0. The zero-order valence-electron chi connectivity index (χ0n) is 17.0. The molecule has 0 bridgehead atoms. The van der Waals surface area contributed by atoms with Gasteiger partial charge < -0.3 is 15.2 Å². The maximum Gasteiger partial charge on any atom is 0.251 e. The molecule has 0 aliphatic carbocycles. The van der Waals surface area contributed by atoms with Crippen molar-refractivity contribution in [3.05, 3.63) is 70.0 Å². The molecule has 0 saturated carbocycles. The fraction of sp³-hybridized carbons (Fsp3) is 0.333. The lowest BCUT2D eigenvalue weighted by Gasteiger charge is -2.21. The Kier molecular flexibility index (Phi) is 5.49. The number of aromatic nitrogens is 1. The highest BCUT2D eigenvalue weighted by molar-refractivity contribution is 5.95. The monoisotopic (exact) mass is 389 g/mol. The molecule has 0 radical (unpaired) electrons. The second-order valence-corrected chi connectivity index (χ2v) is 8.04. The van der Waals surface area contributed by atoms with E-state index in [1.54, 1.807) is 6.07 Å². The van der Waals surface area contributed by atoms with Crippen molar-refractivity contribution in [2.75, 3.05) is 19.6 Å². The molecular formula is C24H27N3O2. The minimum absolute atomic E-state index is 0.0322. The number of nitrogens with one attached hydrogen (secondary N) is 2. The Hall–Kier alpha value is -2.92. The normalized spacial score (nSPS) is 15.5. The van der Waals surface area contributed by atoms with Crippen LogP contribution in [-0.2, 0) is 0 Å². The summed E-state index contributed by atoms with van der Waals surface area (Å²) in [6, 6.07) is 15.4. The first kappa shape index (κ1) is 19.4. The summed E-state index contributed by atoms with van der Waals surface area (Å²) >= 11 is 0. The lowest BCUT2D eigenvalue weighted by molar-refractivity contribution is 0.0932. The summed E-state index contributed by atoms with van der Waals surface area (Å²) in [4.78, 5) is 29.5. The first-order valence-corrected chi connectivity index (χ1v) is 10.3. The number of hydrogen-bond acceptors (Lipinski definition) is 3. The number of fused-ring (bicyclic) bond motifs is 1. The molecule has 150 valence electrons. The largest absolute Gasteiger partial charge is 0.348 e. The third-order valence-corrected chi connectivity index (χ3v) is 5.64. The number of amides is 1. The Morgan fingerprint density at radius 2 is 1.76 bits per heavy atom. The molecular weight excluding hydrogens is 362 g/mol. The molecule has 2 N–H and O–H groups in total. The van der Waals surface area contributed by atoms with Gasteiger partial charge in [0.05, 0.1) is 0 Å². The number of hydrogen-bond donors (Lipinski definition) is 2. The van der Waals surface area contributed by atoms with Crippen molar-refractivity contribution in [1.29, 1.82) is 0 Å². The van der Waals surface area contributed by atoms with Crippen molar-refractivity contribution in [3.8, 4) is 11.1 Å². The molecule has 0 spiro atoms. The first-order valence-electron chi connectivity index (χ1n) is 10.3. The molecule has 1 amide bonds. The molecule has 1 atom stereocenters. The zero-order chi connectivity index (χ0) is 20.4. The molecule has 3 aromatic rings. The SMILES string of the molecule is Cc1cc(=O)[nH]c2ccc(-c3ccc(C(=O)N[C@@H](C)CN4CCCC4)cc3)cc12. The quantitative estimate of drug-likeness (QED) is 0.699. The van der Waals surface area contributed by atoms with Gasteiger partial charge in [0.15, 0.2) is 0 Å². The number of aromatic amines is 1. The lowest BCUT2D eigenvalue weighted by Crippen LogP contribution is -2.41. The fourth-order valence-corrected chi connectivity index (χ4v) is 4.12. The van der Waals surface area contributed by atoms with Crippen LogP contribution < -0.4 is 10.9 Å². The predicted octanol–water partition coefficient (Wildman–Crippen LogP) is 3.72. The molecule has 1 aromatic heterocycles. The number of pyridine rings is 1. The molecule has 1 aliphatic rings. The van der Waals surface area contributed by atoms with Gasteiger partial charge in [0.2, 0.25) is 5.56 Å². The van der Waals surface area contributed by atoms with Crippen LogP contribution in [0.5, 0.6) is 0 Å². The van der Waals surface area contributed by atoms with Crippen molar-refractivity contribution < 1.29 is 4.79 Å². The number of likely N-dealkylation sites (tertiary alicyclic amines) is 1. The van der Waals surface area contributed by atoms with Crippen LogP contribution in [0.15, 0.2) is 53.3 Å². The van der Waals surface area contributed by atoms with Gasteiger partial charge in [0.25, 0.3) is 5.91 Å². The van der Waals surface area contributed by atoms with Gasteiger partial charge in [-0.1, -0.05) is 18.2 Å². The number of H-pyrrole nitrogens is 1. The predicted molar refractivity (Wildman–Crippen MR) is 117 cm³/mol. The molecule has 1 fully saturated rings. The Balaban J connectivity index is 1.48. The minimum atomic E-state index is -0.0860. The molecule has 5 nitrogen and oxygen atoms in total. The Bertz CT molecular complexity index is 1080. The van der Waals surface area contributed by atoms with E-state index in [2.05, 4.69) is 28.2 Å². The molecule has 5 heteroatoms. The van der Waals surface area contributed by atoms with Crippen LogP contribution in [0.1, 0.15) is 35.7 Å². The summed E-state index contributed by atoms with van der Waals surface area (Å²) in [6.07, 6.45) is 2.51. The van der Waals surface area contributed by atoms with E-state index in [9.17, 15) is 9.59 Å². The number of benzene rings is 2. The van der Waals surface area contributed by atoms with Gasteiger partial charge in [-0.2, -0.15) is 0 Å². The lowest BCUT2D eigenvalue weighted by atomic mass is 10.00. The van der Waals surface area contributed by atoms with Gasteiger partial charge in [0.1, 0.15) is 0 Å². The van der Waals surface area contributed by atoms with Crippen molar-refractivity contribution in [1.82, 2.24) is 15.2 Å². The van der Waals surface area contributed by atoms with Crippen LogP contribution in [0.2, 0.25) is 0 Å². The summed E-state index contributed by atoms with van der Waals surface area (Å²) in [6.45, 7) is 7.18. The third-order valence-electron chi connectivity index (χ3n) is 5.64. The summed E-state index contributed by atoms with van der Waals surface area (Å²) in [5.41, 5.74) is 4.47. The van der Waals surface area contributed by atoms with Gasteiger partial charge in [-0.25, -0.2) is 0 Å². The number of carbonyl (C=O) groups excluding carboxylic acids is 1. The highest BCUT2D eigenvalue weighted by Crippen LogP contribution is 2.25. The molecule has 1 aliphatic heterocycles. The number of carbonyl (C=O) groups is 1. The summed E-state index contributed by atoms with van der Waals surface area (Å²) in [5, 5.41) is 4.13. The molecule has 0 unspecified atom stereocenters. The standard InChI is InChI=1S/C24H27N3O2/c1-16-13-23(28)26-22-10-9-20(14-21(16)22)18-5-7-19(8-6-18)24(29)25-17(2)15-27-11-3-4-12-27/h5-10,13-14,17H,3-4,11-12,15H2,1-2H3,(H,25,29)(H,26,28)/t17-/m0/s1. The summed E-state index contributed by atoms with van der Waals surface area (Å²) in [5.74, 6) is -0.0322. The van der Waals surface area contributed by atoms with Crippen molar-refractivity contribution in [2.24, 2.45) is 0 Å². The summed E-state index contributed by atoms with van der Waals surface area (Å²) < 4.78 is 0. The smallest absolute Gasteiger partial charge is 0.251 e. The highest BCUT2D eigenvalue weighted by Gasteiger charge is 2.16. The van der Waals surface area contributed by atoms with E-state index in [4.69, 9.17) is 0 Å². The highest BCUT2D eigenvalue weighted by atomic mass is 16.1. The second kappa shape index (κ2) is 8.21. The van der Waals surface area contributed by atoms with Gasteiger partial charge in [-0.3, -0.25) is 9.59 Å². The van der Waals surface area contributed by atoms with Crippen LogP contribution in [0, 0.1) is 6.92 Å². The number of nitrogens with zero attached hydrogens (tertiary/aromatic N) is 1. The number of rotatable bonds is 5. The van der Waals surface area contributed by atoms with E-state index in [1.165, 1.54) is 12.8 Å². The van der Waals surface area contributed by atoms with E-state index in [0.29, 0.717) is 5.56 Å². The van der Waals surface area contributed by atoms with Crippen LogP contribution in [0.3, 0.4) is 0 Å². The van der Waals surface area contributed by atoms with Crippen LogP contribution in [0.25, 0.3) is 22.0 Å². The van der Waals surface area contributed by atoms with E-state index in [-0.39, 0.29) is 17.5 Å². The van der Waals surface area contributed by atoms with Crippen LogP contribution in [-0.4, -0.2) is 41.5 Å².